The van der Waals surface area contributed by atoms with Crippen molar-refractivity contribution in [1.29, 1.82) is 0 Å². The fourth-order valence-corrected chi connectivity index (χ4v) is 1.89. The van der Waals surface area contributed by atoms with E-state index in [4.69, 9.17) is 9.47 Å². The van der Waals surface area contributed by atoms with E-state index in [-0.39, 0.29) is 11.4 Å². The Morgan fingerprint density at radius 3 is 2.30 bits per heavy atom. The molecule has 0 amide bonds. The molecule has 0 spiro atoms. The molecule has 0 aromatic heterocycles. The largest absolute Gasteiger partial charge is 0.462 e. The van der Waals surface area contributed by atoms with Crippen molar-refractivity contribution in [2.24, 2.45) is 0 Å². The van der Waals surface area contributed by atoms with Gasteiger partial charge in [-0.15, -0.1) is 0 Å². The quantitative estimate of drug-likeness (QED) is 0.519. The molecule has 1 heterocycles. The van der Waals surface area contributed by atoms with E-state index >= 15 is 0 Å². The minimum atomic E-state index is -1.42. The molecule has 3 N–H and O–H groups in total. The fraction of sp³-hybridized carbons (Fsp3) is 0.500. The number of nitro groups is 1. The summed E-state index contributed by atoms with van der Waals surface area (Å²) < 4.78 is 10.6. The first-order valence-corrected chi connectivity index (χ1v) is 6.01. The second-order valence-corrected chi connectivity index (χ2v) is 4.55. The Morgan fingerprint density at radius 1 is 1.15 bits per heavy atom. The summed E-state index contributed by atoms with van der Waals surface area (Å²) in [6.45, 7) is 1.53. The molecule has 0 radical (unpaired) electrons. The van der Waals surface area contributed by atoms with Gasteiger partial charge in [-0.25, -0.2) is 0 Å². The Bertz CT molecular complexity index is 477. The molecule has 1 aliphatic heterocycles. The van der Waals surface area contributed by atoms with Gasteiger partial charge in [-0.2, -0.15) is 0 Å². The van der Waals surface area contributed by atoms with Crippen LogP contribution in [-0.4, -0.2) is 50.9 Å². The Labute approximate surface area is 114 Å². The highest BCUT2D eigenvalue weighted by Gasteiger charge is 2.43. The van der Waals surface area contributed by atoms with Crippen molar-refractivity contribution in [3.8, 4) is 5.75 Å². The van der Waals surface area contributed by atoms with Gasteiger partial charge < -0.3 is 24.8 Å². The normalized spacial score (nSPS) is 33.7. The number of hydrogen-bond acceptors (Lipinski definition) is 7. The zero-order valence-corrected chi connectivity index (χ0v) is 10.6. The monoisotopic (exact) mass is 285 g/mol. The third kappa shape index (κ3) is 2.88. The van der Waals surface area contributed by atoms with Gasteiger partial charge in [0, 0.05) is 12.1 Å². The number of hydrogen-bond donors (Lipinski definition) is 3. The molecule has 1 saturated heterocycles. The van der Waals surface area contributed by atoms with Crippen LogP contribution in [0.15, 0.2) is 24.3 Å². The smallest absolute Gasteiger partial charge is 0.269 e. The maximum Gasteiger partial charge on any atom is 0.269 e. The van der Waals surface area contributed by atoms with Crippen LogP contribution < -0.4 is 4.74 Å². The van der Waals surface area contributed by atoms with Gasteiger partial charge in [0.05, 0.1) is 11.0 Å². The zero-order chi connectivity index (χ0) is 14.9. The maximum absolute atomic E-state index is 10.5. The summed E-state index contributed by atoms with van der Waals surface area (Å²) in [6.07, 6.45) is -5.89. The lowest BCUT2D eigenvalue weighted by Gasteiger charge is -2.38. The minimum Gasteiger partial charge on any atom is -0.462 e. The summed E-state index contributed by atoms with van der Waals surface area (Å²) in [5.41, 5.74) is -0.0914. The molecule has 0 bridgehead atoms. The summed E-state index contributed by atoms with van der Waals surface area (Å²) >= 11 is 0. The van der Waals surface area contributed by atoms with Gasteiger partial charge in [0.1, 0.15) is 24.1 Å². The number of ether oxygens (including phenoxy) is 2. The Morgan fingerprint density at radius 2 is 1.75 bits per heavy atom. The van der Waals surface area contributed by atoms with E-state index in [0.29, 0.717) is 0 Å². The fourth-order valence-electron chi connectivity index (χ4n) is 1.89. The van der Waals surface area contributed by atoms with Crippen molar-refractivity contribution in [3.05, 3.63) is 34.4 Å². The van der Waals surface area contributed by atoms with Gasteiger partial charge in [-0.3, -0.25) is 10.1 Å². The molecule has 0 aliphatic carbocycles. The van der Waals surface area contributed by atoms with E-state index in [1.807, 2.05) is 0 Å². The Hall–Kier alpha value is -1.74. The first kappa shape index (κ1) is 14.7. The molecule has 1 fully saturated rings. The van der Waals surface area contributed by atoms with Crippen LogP contribution in [0.4, 0.5) is 5.69 Å². The standard InChI is InChI=1S/C12H15NO7/c1-6-9(14)10(15)11(16)12(19-6)20-8-4-2-7(3-5-8)13(17)18/h2-6,9-12,14-16H,1H3/t6?,9-,10-,11?,12?/m0/s1. The molecule has 3 unspecified atom stereocenters. The van der Waals surface area contributed by atoms with Crippen molar-refractivity contribution < 1.29 is 29.7 Å². The van der Waals surface area contributed by atoms with Crippen molar-refractivity contribution in [1.82, 2.24) is 0 Å². The van der Waals surface area contributed by atoms with Crippen LogP contribution in [0.5, 0.6) is 5.75 Å². The molecule has 1 aromatic carbocycles. The van der Waals surface area contributed by atoms with Crippen molar-refractivity contribution in [2.45, 2.75) is 37.6 Å². The molecule has 1 aromatic rings. The topological polar surface area (TPSA) is 122 Å². The van der Waals surface area contributed by atoms with Crippen LogP contribution in [0, 0.1) is 10.1 Å². The number of nitro benzene ring substituents is 1. The molecule has 2 rings (SSSR count). The summed E-state index contributed by atoms with van der Waals surface area (Å²) in [4.78, 5) is 9.97. The lowest BCUT2D eigenvalue weighted by Crippen LogP contribution is -2.58. The maximum atomic E-state index is 10.5. The van der Waals surface area contributed by atoms with Crippen LogP contribution in [-0.2, 0) is 4.74 Å². The highest BCUT2D eigenvalue weighted by atomic mass is 16.7. The Kier molecular flexibility index (Phi) is 4.19. The number of nitrogens with zero attached hydrogens (tertiary/aromatic N) is 1. The summed E-state index contributed by atoms with van der Waals surface area (Å²) in [5, 5.41) is 39.4. The predicted molar refractivity (Wildman–Crippen MR) is 66.1 cm³/mol. The van der Waals surface area contributed by atoms with Crippen LogP contribution >= 0.6 is 0 Å². The molecule has 8 heteroatoms. The molecule has 8 nitrogen and oxygen atoms in total. The van der Waals surface area contributed by atoms with Crippen molar-refractivity contribution in [3.63, 3.8) is 0 Å². The van der Waals surface area contributed by atoms with Crippen LogP contribution in [0.1, 0.15) is 6.92 Å². The van der Waals surface area contributed by atoms with Gasteiger partial charge in [-0.05, 0) is 19.1 Å². The van der Waals surface area contributed by atoms with E-state index in [1.54, 1.807) is 0 Å². The van der Waals surface area contributed by atoms with Crippen molar-refractivity contribution in [2.75, 3.05) is 0 Å². The van der Waals surface area contributed by atoms with E-state index in [9.17, 15) is 25.4 Å². The van der Waals surface area contributed by atoms with E-state index in [2.05, 4.69) is 0 Å². The van der Waals surface area contributed by atoms with Crippen LogP contribution in [0.25, 0.3) is 0 Å². The first-order chi connectivity index (χ1) is 9.40. The van der Waals surface area contributed by atoms with Gasteiger partial charge in [0.25, 0.3) is 5.69 Å². The summed E-state index contributed by atoms with van der Waals surface area (Å²) in [7, 11) is 0. The highest BCUT2D eigenvalue weighted by Crippen LogP contribution is 2.25. The first-order valence-electron chi connectivity index (χ1n) is 6.01. The van der Waals surface area contributed by atoms with Crippen LogP contribution in [0.3, 0.4) is 0 Å². The number of aliphatic hydroxyl groups is 3. The average molecular weight is 285 g/mol. The Balaban J connectivity index is 2.07. The molecule has 1 aliphatic rings. The summed E-state index contributed by atoms with van der Waals surface area (Å²) in [5.74, 6) is 0.246. The van der Waals surface area contributed by atoms with Crippen LogP contribution in [0.2, 0.25) is 0 Å². The second-order valence-electron chi connectivity index (χ2n) is 4.55. The molecule has 20 heavy (non-hydrogen) atoms. The van der Waals surface area contributed by atoms with E-state index < -0.39 is 35.6 Å². The van der Waals surface area contributed by atoms with Gasteiger partial charge >= 0.3 is 0 Å². The van der Waals surface area contributed by atoms with Gasteiger partial charge in [0.2, 0.25) is 6.29 Å². The molecule has 5 atom stereocenters. The summed E-state index contributed by atoms with van der Waals surface area (Å²) in [6, 6.07) is 5.21. The number of non-ortho nitro benzene ring substituents is 1. The lowest BCUT2D eigenvalue weighted by molar-refractivity contribution is -0.384. The van der Waals surface area contributed by atoms with E-state index in [0.717, 1.165) is 0 Å². The predicted octanol–water partition coefficient (Wildman–Crippen LogP) is -0.199. The number of rotatable bonds is 3. The number of aliphatic hydroxyl groups excluding tert-OH is 3. The van der Waals surface area contributed by atoms with Gasteiger partial charge in [0.15, 0.2) is 0 Å². The molecular formula is C12H15NO7. The second kappa shape index (κ2) is 5.71. The average Bonchev–Trinajstić information content (AvgIpc) is 2.43. The third-order valence-corrected chi connectivity index (χ3v) is 3.11. The SMILES string of the molecule is CC1OC(Oc2ccc([N+](=O)[O-])cc2)C(O)[C@@H](O)[C@H]1O. The van der Waals surface area contributed by atoms with E-state index in [1.165, 1.54) is 31.2 Å². The highest BCUT2D eigenvalue weighted by molar-refractivity contribution is 5.36. The lowest BCUT2D eigenvalue weighted by atomic mass is 10.00. The van der Waals surface area contributed by atoms with Crippen molar-refractivity contribution >= 4 is 5.69 Å². The zero-order valence-electron chi connectivity index (χ0n) is 10.6. The molecule has 0 saturated carbocycles. The molecular weight excluding hydrogens is 270 g/mol. The van der Waals surface area contributed by atoms with Gasteiger partial charge in [-0.1, -0.05) is 0 Å². The third-order valence-electron chi connectivity index (χ3n) is 3.11. The number of benzene rings is 1. The minimum absolute atomic E-state index is 0.0914. The molecule has 110 valence electrons.